The number of primary amides is 1. The van der Waals surface area contributed by atoms with Gasteiger partial charge in [-0.1, -0.05) is 39.0 Å². The number of fused-ring (bicyclic) bond motifs is 3. The van der Waals surface area contributed by atoms with E-state index in [0.29, 0.717) is 24.1 Å². The molecule has 0 aliphatic heterocycles. The molecule has 0 saturated heterocycles. The van der Waals surface area contributed by atoms with Gasteiger partial charge in [0.05, 0.1) is 17.5 Å². The van der Waals surface area contributed by atoms with Crippen LogP contribution in [0.15, 0.2) is 53.3 Å². The van der Waals surface area contributed by atoms with Crippen molar-refractivity contribution in [2.75, 3.05) is 19.4 Å². The highest BCUT2D eigenvalue weighted by atomic mass is 16.3. The number of rotatable bonds is 6. The van der Waals surface area contributed by atoms with Crippen LogP contribution in [0.5, 0.6) is 5.75 Å². The summed E-state index contributed by atoms with van der Waals surface area (Å²) in [6, 6.07) is 9.68. The monoisotopic (exact) mass is 601 g/mol. The smallest absolute Gasteiger partial charge is 0.255 e. The van der Waals surface area contributed by atoms with Crippen LogP contribution in [-0.2, 0) is 25.6 Å². The topological polar surface area (TPSA) is 170 Å². The number of phenols is 1. The van der Waals surface area contributed by atoms with Gasteiger partial charge in [0.2, 0.25) is 5.91 Å². The normalized spacial score (nSPS) is 23.3. The number of hydrogen-bond donors (Lipinski definition) is 5. The second kappa shape index (κ2) is 11.2. The lowest BCUT2D eigenvalue weighted by atomic mass is 9.59. The lowest BCUT2D eigenvalue weighted by molar-refractivity contribution is -0.136. The van der Waals surface area contributed by atoms with Crippen molar-refractivity contribution in [2.45, 2.75) is 52.5 Å². The van der Waals surface area contributed by atoms with E-state index in [4.69, 9.17) is 5.73 Å². The minimum Gasteiger partial charge on any atom is -0.510 e. The number of amides is 2. The fourth-order valence-electron chi connectivity index (χ4n) is 6.98. The zero-order valence-electron chi connectivity index (χ0n) is 25.6. The van der Waals surface area contributed by atoms with Crippen molar-refractivity contribution in [3.8, 4) is 16.9 Å². The molecule has 44 heavy (non-hydrogen) atoms. The molecule has 2 aromatic carbocycles. The van der Waals surface area contributed by atoms with Crippen LogP contribution in [-0.4, -0.2) is 63.7 Å². The van der Waals surface area contributed by atoms with Crippen LogP contribution in [0.3, 0.4) is 0 Å². The maximum atomic E-state index is 13.9. The summed E-state index contributed by atoms with van der Waals surface area (Å²) in [5.74, 6) is -6.17. The van der Waals surface area contributed by atoms with E-state index < -0.39 is 58.4 Å². The Bertz CT molecular complexity index is 1630. The molecule has 1 saturated carbocycles. The predicted molar refractivity (Wildman–Crippen MR) is 166 cm³/mol. The summed E-state index contributed by atoms with van der Waals surface area (Å²) in [6.07, 6.45) is 1.73. The fraction of sp³-hybridized carbons (Fsp3) is 0.412. The Balaban J connectivity index is 1.50. The molecule has 0 spiro atoms. The molecule has 0 aromatic heterocycles. The third-order valence-electron chi connectivity index (χ3n) is 9.03. The number of phenolic OH excluding ortho intramolecular Hbond substituents is 1. The van der Waals surface area contributed by atoms with E-state index in [-0.39, 0.29) is 34.6 Å². The second-order valence-corrected chi connectivity index (χ2v) is 13.5. The van der Waals surface area contributed by atoms with E-state index in [1.807, 2.05) is 12.1 Å². The summed E-state index contributed by atoms with van der Waals surface area (Å²) in [5.41, 5.74) is 7.87. The number of hydrogen-bond acceptors (Lipinski definition) is 8. The van der Waals surface area contributed by atoms with Crippen molar-refractivity contribution in [3.63, 3.8) is 0 Å². The van der Waals surface area contributed by atoms with Crippen molar-refractivity contribution in [1.29, 1.82) is 0 Å². The standard InChI is InChI=1S/C34H39N3O7/c1-34(2,3)13-12-23(39)36-18-8-6-16(7-9-18)19-10-11-22(38)25-20(19)14-17-15-21-26(30(41)24(17)29(25)40)31(42)27(33(35)44)32(43)28(21)37(4)5/h6-11,17,21,26,28,38,40,43H,12-15H2,1-5H3,(H2,35,44)(H,36,39)/t17-,21+,26?,28-/m0/s1. The number of carbonyl (C=O) groups is 4. The Hall–Kier alpha value is -4.44. The largest absolute Gasteiger partial charge is 0.510 e. The van der Waals surface area contributed by atoms with Crippen molar-refractivity contribution in [1.82, 2.24) is 4.90 Å². The maximum Gasteiger partial charge on any atom is 0.255 e. The molecule has 0 bridgehead atoms. The van der Waals surface area contributed by atoms with Gasteiger partial charge in [-0.3, -0.25) is 24.1 Å². The number of allylic oxidation sites excluding steroid dienone is 1. The van der Waals surface area contributed by atoms with Crippen LogP contribution in [0.4, 0.5) is 5.69 Å². The Morgan fingerprint density at radius 3 is 2.25 bits per heavy atom. The minimum absolute atomic E-state index is 0.0376. The number of aliphatic hydroxyl groups is 2. The molecular formula is C34H39N3O7. The van der Waals surface area contributed by atoms with E-state index in [1.165, 1.54) is 6.07 Å². The Kier molecular flexibility index (Phi) is 7.92. The lowest BCUT2D eigenvalue weighted by Gasteiger charge is -2.46. The number of carbonyl (C=O) groups excluding carboxylic acids is 4. The summed E-state index contributed by atoms with van der Waals surface area (Å²) >= 11 is 0. The van der Waals surface area contributed by atoms with E-state index >= 15 is 0 Å². The van der Waals surface area contributed by atoms with Gasteiger partial charge in [-0.05, 0) is 85.5 Å². The van der Waals surface area contributed by atoms with E-state index in [2.05, 4.69) is 26.1 Å². The number of aliphatic hydroxyl groups excluding tert-OH is 2. The van der Waals surface area contributed by atoms with Crippen molar-refractivity contribution >= 4 is 34.8 Å². The number of ketones is 2. The number of nitrogens with two attached hydrogens (primary N) is 1. The van der Waals surface area contributed by atoms with Gasteiger partial charge < -0.3 is 26.4 Å². The Labute approximate surface area is 256 Å². The third kappa shape index (κ3) is 5.38. The third-order valence-corrected chi connectivity index (χ3v) is 9.03. The SMILES string of the molecule is CN(C)[C@@H]1C(O)=C(C(N)=O)C(=O)C2C(=O)C3=C(O)c4c(O)ccc(-c5ccc(NC(=O)CCC(C)(C)C)cc5)c4C[C@H]3C[C@H]21. The van der Waals surface area contributed by atoms with Gasteiger partial charge in [-0.2, -0.15) is 0 Å². The van der Waals surface area contributed by atoms with Gasteiger partial charge in [0.1, 0.15) is 22.8 Å². The molecule has 4 atom stereocenters. The van der Waals surface area contributed by atoms with Gasteiger partial charge in [-0.15, -0.1) is 0 Å². The zero-order valence-corrected chi connectivity index (χ0v) is 25.6. The van der Waals surface area contributed by atoms with Crippen molar-refractivity contribution in [3.05, 3.63) is 64.4 Å². The molecule has 5 rings (SSSR count). The molecule has 0 radical (unpaired) electrons. The lowest BCUT2D eigenvalue weighted by Crippen LogP contribution is -2.55. The fourth-order valence-corrected chi connectivity index (χ4v) is 6.98. The Morgan fingerprint density at radius 1 is 1.00 bits per heavy atom. The van der Waals surface area contributed by atoms with Gasteiger partial charge in [0.15, 0.2) is 11.6 Å². The van der Waals surface area contributed by atoms with Gasteiger partial charge in [-0.25, -0.2) is 0 Å². The number of aromatic hydroxyl groups is 1. The average Bonchev–Trinajstić information content (AvgIpc) is 2.91. The second-order valence-electron chi connectivity index (χ2n) is 13.5. The first-order valence-corrected chi connectivity index (χ1v) is 14.8. The molecule has 1 fully saturated rings. The molecule has 232 valence electrons. The minimum atomic E-state index is -1.30. The molecule has 6 N–H and O–H groups in total. The Morgan fingerprint density at radius 2 is 1.66 bits per heavy atom. The molecule has 1 unspecified atom stereocenters. The number of benzene rings is 2. The quantitative estimate of drug-likeness (QED) is 0.241. The van der Waals surface area contributed by atoms with Gasteiger partial charge in [0, 0.05) is 17.7 Å². The first-order valence-electron chi connectivity index (χ1n) is 14.8. The summed E-state index contributed by atoms with van der Waals surface area (Å²) in [5, 5.41) is 36.2. The molecule has 10 heteroatoms. The number of Topliss-reactive ketones (excluding diaryl/α,β-unsaturated/α-hetero) is 2. The van der Waals surface area contributed by atoms with Crippen molar-refractivity contribution < 1.29 is 34.5 Å². The summed E-state index contributed by atoms with van der Waals surface area (Å²) < 4.78 is 0. The number of anilines is 1. The van der Waals surface area contributed by atoms with Crippen LogP contribution in [0.25, 0.3) is 16.9 Å². The van der Waals surface area contributed by atoms with Gasteiger partial charge >= 0.3 is 0 Å². The molecule has 0 heterocycles. The molecule has 3 aliphatic carbocycles. The summed E-state index contributed by atoms with van der Waals surface area (Å²) in [6.45, 7) is 6.25. The maximum absolute atomic E-state index is 13.9. The van der Waals surface area contributed by atoms with Crippen LogP contribution in [0.1, 0.15) is 51.2 Å². The summed E-state index contributed by atoms with van der Waals surface area (Å²) in [4.78, 5) is 53.5. The van der Waals surface area contributed by atoms with Crippen LogP contribution >= 0.6 is 0 Å². The van der Waals surface area contributed by atoms with E-state index in [1.54, 1.807) is 37.2 Å². The highest BCUT2D eigenvalue weighted by molar-refractivity contribution is 6.28. The highest BCUT2D eigenvalue weighted by Gasteiger charge is 2.55. The highest BCUT2D eigenvalue weighted by Crippen LogP contribution is 2.51. The number of likely N-dealkylation sites (N-methyl/N-ethyl adjacent to an activating group) is 1. The molecule has 2 amide bonds. The van der Waals surface area contributed by atoms with E-state index in [9.17, 15) is 34.5 Å². The van der Waals surface area contributed by atoms with Crippen molar-refractivity contribution in [2.24, 2.45) is 28.9 Å². The average molecular weight is 602 g/mol. The number of nitrogens with zero attached hydrogens (tertiary/aromatic N) is 1. The van der Waals surface area contributed by atoms with Crippen LogP contribution < -0.4 is 11.1 Å². The van der Waals surface area contributed by atoms with E-state index in [0.717, 1.165) is 17.5 Å². The van der Waals surface area contributed by atoms with Gasteiger partial charge in [0.25, 0.3) is 5.91 Å². The first kappa shape index (κ1) is 31.0. The van der Waals surface area contributed by atoms with Crippen LogP contribution in [0, 0.1) is 23.2 Å². The predicted octanol–water partition coefficient (Wildman–Crippen LogP) is 4.28. The molecule has 2 aromatic rings. The summed E-state index contributed by atoms with van der Waals surface area (Å²) in [7, 11) is 3.37. The molecule has 10 nitrogen and oxygen atoms in total. The first-order chi connectivity index (χ1) is 20.6. The molecule has 3 aliphatic rings. The molecular weight excluding hydrogens is 562 g/mol. The zero-order chi connectivity index (χ0) is 32.2. The number of nitrogens with one attached hydrogen (secondary N) is 1. The van der Waals surface area contributed by atoms with Crippen LogP contribution in [0.2, 0.25) is 0 Å².